The zero-order valence-electron chi connectivity index (χ0n) is 12.6. The van der Waals surface area contributed by atoms with Crippen LogP contribution in [0.4, 0.5) is 0 Å². The fourth-order valence-electron chi connectivity index (χ4n) is 2.65. The zero-order valence-corrected chi connectivity index (χ0v) is 15.0. The summed E-state index contributed by atoms with van der Waals surface area (Å²) in [5.41, 5.74) is 7.36. The minimum absolute atomic E-state index is 0.193. The molecule has 1 aromatic rings. The first-order valence-corrected chi connectivity index (χ1v) is 9.60. The third-order valence-electron chi connectivity index (χ3n) is 4.26. The van der Waals surface area contributed by atoms with Crippen molar-refractivity contribution >= 4 is 26.0 Å². The van der Waals surface area contributed by atoms with E-state index < -0.39 is 10.0 Å². The SMILES string of the molecule is CCCC1(CNS(=O)(=O)c2cc(CN)cc(Br)c2C)CC1. The van der Waals surface area contributed by atoms with E-state index in [-0.39, 0.29) is 5.41 Å². The highest BCUT2D eigenvalue weighted by molar-refractivity contribution is 9.10. The summed E-state index contributed by atoms with van der Waals surface area (Å²) in [6.45, 7) is 4.80. The second-order valence-corrected chi connectivity index (χ2v) is 8.57. The molecule has 0 radical (unpaired) electrons. The Balaban J connectivity index is 2.22. The molecule has 1 aliphatic rings. The molecule has 6 heteroatoms. The Hall–Kier alpha value is -0.430. The van der Waals surface area contributed by atoms with Crippen molar-refractivity contribution in [2.45, 2.75) is 51.0 Å². The number of hydrogen-bond acceptors (Lipinski definition) is 3. The highest BCUT2D eigenvalue weighted by Gasteiger charge is 2.42. The molecule has 0 heterocycles. The van der Waals surface area contributed by atoms with Gasteiger partial charge in [0, 0.05) is 17.6 Å². The number of benzene rings is 1. The van der Waals surface area contributed by atoms with Gasteiger partial charge in [0.1, 0.15) is 0 Å². The van der Waals surface area contributed by atoms with E-state index in [0.717, 1.165) is 41.3 Å². The lowest BCUT2D eigenvalue weighted by atomic mass is 10.0. The second kappa shape index (κ2) is 6.36. The third kappa shape index (κ3) is 3.86. The molecule has 0 spiro atoms. The number of halogens is 1. The van der Waals surface area contributed by atoms with Gasteiger partial charge in [-0.15, -0.1) is 0 Å². The standard InChI is InChI=1S/C15H23BrN2O2S/c1-3-4-15(5-6-15)10-18-21(19,20)14-8-12(9-17)7-13(16)11(14)2/h7-8,18H,3-6,9-10,17H2,1-2H3. The molecule has 3 N–H and O–H groups in total. The Morgan fingerprint density at radius 3 is 2.57 bits per heavy atom. The van der Waals surface area contributed by atoms with E-state index in [2.05, 4.69) is 27.6 Å². The van der Waals surface area contributed by atoms with Crippen molar-refractivity contribution < 1.29 is 8.42 Å². The van der Waals surface area contributed by atoms with E-state index in [9.17, 15) is 8.42 Å². The lowest BCUT2D eigenvalue weighted by Crippen LogP contribution is -2.31. The van der Waals surface area contributed by atoms with Crippen LogP contribution >= 0.6 is 15.9 Å². The van der Waals surface area contributed by atoms with Crippen molar-refractivity contribution in [1.82, 2.24) is 4.72 Å². The molecule has 1 aliphatic carbocycles. The smallest absolute Gasteiger partial charge is 0.240 e. The van der Waals surface area contributed by atoms with Gasteiger partial charge in [-0.05, 0) is 54.9 Å². The van der Waals surface area contributed by atoms with Gasteiger partial charge in [0.15, 0.2) is 0 Å². The first kappa shape index (κ1) is 16.9. The molecule has 4 nitrogen and oxygen atoms in total. The van der Waals surface area contributed by atoms with Crippen LogP contribution in [0.1, 0.15) is 43.7 Å². The van der Waals surface area contributed by atoms with Crippen LogP contribution in [0.2, 0.25) is 0 Å². The molecule has 0 atom stereocenters. The van der Waals surface area contributed by atoms with Gasteiger partial charge >= 0.3 is 0 Å². The van der Waals surface area contributed by atoms with Crippen molar-refractivity contribution in [2.24, 2.45) is 11.1 Å². The van der Waals surface area contributed by atoms with Crippen LogP contribution in [0.15, 0.2) is 21.5 Å². The summed E-state index contributed by atoms with van der Waals surface area (Å²) in [5, 5.41) is 0. The summed E-state index contributed by atoms with van der Waals surface area (Å²) in [7, 11) is -3.49. The molecule has 1 fully saturated rings. The van der Waals surface area contributed by atoms with Gasteiger partial charge in [-0.2, -0.15) is 0 Å². The molecule has 1 saturated carbocycles. The first-order valence-electron chi connectivity index (χ1n) is 7.32. The molecule has 0 amide bonds. The maximum atomic E-state index is 12.6. The Bertz CT molecular complexity index is 625. The number of nitrogens with two attached hydrogens (primary N) is 1. The maximum absolute atomic E-state index is 12.6. The predicted molar refractivity (Wildman–Crippen MR) is 88.5 cm³/mol. The Kier molecular flexibility index (Phi) is 5.13. The minimum atomic E-state index is -3.49. The van der Waals surface area contributed by atoms with Crippen molar-refractivity contribution in [1.29, 1.82) is 0 Å². The van der Waals surface area contributed by atoms with E-state index >= 15 is 0 Å². The van der Waals surface area contributed by atoms with Crippen LogP contribution in [-0.4, -0.2) is 15.0 Å². The molecule has 0 saturated heterocycles. The van der Waals surface area contributed by atoms with Crippen LogP contribution in [0, 0.1) is 12.3 Å². The quantitative estimate of drug-likeness (QED) is 0.769. The van der Waals surface area contributed by atoms with Gasteiger partial charge in [0.2, 0.25) is 10.0 Å². The van der Waals surface area contributed by atoms with Crippen molar-refractivity contribution in [3.05, 3.63) is 27.7 Å². The van der Waals surface area contributed by atoms with E-state index in [4.69, 9.17) is 5.73 Å². The number of hydrogen-bond donors (Lipinski definition) is 2. The highest BCUT2D eigenvalue weighted by Crippen LogP contribution is 2.49. The average Bonchev–Trinajstić information content (AvgIpc) is 3.20. The van der Waals surface area contributed by atoms with Gasteiger partial charge in [-0.25, -0.2) is 13.1 Å². The normalized spacial score (nSPS) is 17.0. The van der Waals surface area contributed by atoms with E-state index in [1.165, 1.54) is 0 Å². The summed E-state index contributed by atoms with van der Waals surface area (Å²) in [6.07, 6.45) is 4.42. The molecule has 21 heavy (non-hydrogen) atoms. The number of sulfonamides is 1. The Labute approximate surface area is 135 Å². The summed E-state index contributed by atoms with van der Waals surface area (Å²) in [4.78, 5) is 0.324. The van der Waals surface area contributed by atoms with E-state index in [1.807, 2.05) is 6.07 Å². The molecule has 118 valence electrons. The highest BCUT2D eigenvalue weighted by atomic mass is 79.9. The van der Waals surface area contributed by atoms with Crippen LogP contribution in [0.3, 0.4) is 0 Å². The second-order valence-electron chi connectivity index (χ2n) is 5.98. The molecular formula is C15H23BrN2O2S. The molecular weight excluding hydrogens is 352 g/mol. The van der Waals surface area contributed by atoms with Gasteiger partial charge in [-0.3, -0.25) is 0 Å². The lowest BCUT2D eigenvalue weighted by Gasteiger charge is -2.17. The number of rotatable bonds is 7. The van der Waals surface area contributed by atoms with E-state index in [1.54, 1.807) is 13.0 Å². The fraction of sp³-hybridized carbons (Fsp3) is 0.600. The zero-order chi connectivity index (χ0) is 15.7. The van der Waals surface area contributed by atoms with Crippen LogP contribution in [0.5, 0.6) is 0 Å². The van der Waals surface area contributed by atoms with Crippen LogP contribution in [-0.2, 0) is 16.6 Å². The molecule has 1 aromatic carbocycles. The third-order valence-corrected chi connectivity index (χ3v) is 6.61. The number of nitrogens with one attached hydrogen (secondary N) is 1. The summed E-state index contributed by atoms with van der Waals surface area (Å²) in [5.74, 6) is 0. The fourth-order valence-corrected chi connectivity index (χ4v) is 4.76. The lowest BCUT2D eigenvalue weighted by molar-refractivity contribution is 0.449. The summed E-state index contributed by atoms with van der Waals surface area (Å²) >= 11 is 3.41. The molecule has 0 aromatic heterocycles. The van der Waals surface area contributed by atoms with Crippen LogP contribution < -0.4 is 10.5 Å². The monoisotopic (exact) mass is 374 g/mol. The molecule has 2 rings (SSSR count). The topological polar surface area (TPSA) is 72.2 Å². The minimum Gasteiger partial charge on any atom is -0.326 e. The maximum Gasteiger partial charge on any atom is 0.240 e. The Morgan fingerprint density at radius 1 is 1.38 bits per heavy atom. The first-order chi connectivity index (χ1) is 9.83. The largest absolute Gasteiger partial charge is 0.326 e. The molecule has 0 unspecified atom stereocenters. The molecule has 0 bridgehead atoms. The predicted octanol–water partition coefficient (Wildman–Crippen LogP) is 3.07. The van der Waals surface area contributed by atoms with Crippen LogP contribution in [0.25, 0.3) is 0 Å². The van der Waals surface area contributed by atoms with Crippen molar-refractivity contribution in [3.63, 3.8) is 0 Å². The average molecular weight is 375 g/mol. The summed E-state index contributed by atoms with van der Waals surface area (Å²) < 4.78 is 28.7. The Morgan fingerprint density at radius 2 is 2.05 bits per heavy atom. The van der Waals surface area contributed by atoms with Gasteiger partial charge in [0.05, 0.1) is 4.90 Å². The van der Waals surface area contributed by atoms with Gasteiger partial charge in [-0.1, -0.05) is 29.3 Å². The molecule has 0 aliphatic heterocycles. The summed E-state index contributed by atoms with van der Waals surface area (Å²) in [6, 6.07) is 3.54. The van der Waals surface area contributed by atoms with Crippen molar-refractivity contribution in [2.75, 3.05) is 6.54 Å². The van der Waals surface area contributed by atoms with E-state index in [0.29, 0.717) is 18.0 Å². The van der Waals surface area contributed by atoms with Gasteiger partial charge in [0.25, 0.3) is 0 Å². The van der Waals surface area contributed by atoms with Crippen molar-refractivity contribution in [3.8, 4) is 0 Å². The van der Waals surface area contributed by atoms with Gasteiger partial charge < -0.3 is 5.73 Å².